The van der Waals surface area contributed by atoms with Gasteiger partial charge >= 0.3 is 6.18 Å². The van der Waals surface area contributed by atoms with Crippen molar-refractivity contribution in [3.05, 3.63) is 15.9 Å². The van der Waals surface area contributed by atoms with Crippen LogP contribution in [0.25, 0.3) is 0 Å². The summed E-state index contributed by atoms with van der Waals surface area (Å²) in [7, 11) is 0. The predicted molar refractivity (Wildman–Crippen MR) is 85.5 cm³/mol. The number of aromatic nitrogens is 2. The van der Waals surface area contributed by atoms with Crippen molar-refractivity contribution < 1.29 is 18.0 Å². The van der Waals surface area contributed by atoms with Crippen molar-refractivity contribution in [1.29, 1.82) is 0 Å². The smallest absolute Gasteiger partial charge is 0.340 e. The third-order valence-electron chi connectivity index (χ3n) is 4.88. The molecule has 9 heteroatoms. The zero-order valence-electron chi connectivity index (χ0n) is 13.4. The van der Waals surface area contributed by atoms with E-state index in [0.717, 1.165) is 26.1 Å². The molecule has 2 fully saturated rings. The minimum atomic E-state index is -4.50. The number of carbonyl (C=O) groups excluding carboxylic acids is 1. The van der Waals surface area contributed by atoms with E-state index in [1.54, 1.807) is 6.92 Å². The maximum atomic E-state index is 12.9. The molecule has 0 aliphatic carbocycles. The van der Waals surface area contributed by atoms with Crippen molar-refractivity contribution >= 4 is 21.8 Å². The number of alkyl halides is 3. The average molecular weight is 409 g/mol. The average Bonchev–Trinajstić information content (AvgIpc) is 3.10. The van der Waals surface area contributed by atoms with E-state index in [0.29, 0.717) is 18.3 Å². The monoisotopic (exact) mass is 408 g/mol. The van der Waals surface area contributed by atoms with Gasteiger partial charge in [0, 0.05) is 32.1 Å². The summed E-state index contributed by atoms with van der Waals surface area (Å²) in [5.74, 6) is -0.0128. The van der Waals surface area contributed by atoms with Gasteiger partial charge in [0.2, 0.25) is 5.91 Å². The Morgan fingerprint density at radius 2 is 2.08 bits per heavy atom. The number of hydrogen-bond donors (Lipinski definition) is 0. The van der Waals surface area contributed by atoms with Gasteiger partial charge in [-0.2, -0.15) is 18.3 Å². The van der Waals surface area contributed by atoms with Crippen LogP contribution in [0.4, 0.5) is 13.2 Å². The van der Waals surface area contributed by atoms with Crippen molar-refractivity contribution in [1.82, 2.24) is 19.6 Å². The van der Waals surface area contributed by atoms with Crippen molar-refractivity contribution in [2.24, 2.45) is 0 Å². The first kappa shape index (κ1) is 17.7. The number of halogens is 4. The van der Waals surface area contributed by atoms with Crippen LogP contribution in [0.2, 0.25) is 0 Å². The van der Waals surface area contributed by atoms with E-state index in [2.05, 4.69) is 25.9 Å². The van der Waals surface area contributed by atoms with Crippen LogP contribution in [0.15, 0.2) is 4.47 Å². The Kier molecular flexibility index (Phi) is 4.92. The van der Waals surface area contributed by atoms with Crippen LogP contribution in [-0.4, -0.2) is 57.7 Å². The lowest BCUT2D eigenvalue weighted by Crippen LogP contribution is -2.52. The van der Waals surface area contributed by atoms with Crippen molar-refractivity contribution in [3.63, 3.8) is 0 Å². The van der Waals surface area contributed by atoms with Gasteiger partial charge in [-0.1, -0.05) is 0 Å². The number of piperazine rings is 1. The molecule has 5 nitrogen and oxygen atoms in total. The summed E-state index contributed by atoms with van der Waals surface area (Å²) in [5, 5.41) is 3.62. The largest absolute Gasteiger partial charge is 0.436 e. The second-order valence-corrected chi connectivity index (χ2v) is 7.18. The van der Waals surface area contributed by atoms with Gasteiger partial charge in [0.25, 0.3) is 0 Å². The van der Waals surface area contributed by atoms with Crippen LogP contribution in [0.3, 0.4) is 0 Å². The molecule has 1 atom stereocenters. The molecule has 0 saturated carbocycles. The summed E-state index contributed by atoms with van der Waals surface area (Å²) in [4.78, 5) is 16.6. The van der Waals surface area contributed by atoms with Crippen molar-refractivity contribution in [3.8, 4) is 0 Å². The molecule has 2 aliphatic rings. The van der Waals surface area contributed by atoms with Crippen molar-refractivity contribution in [2.75, 3.05) is 26.2 Å². The molecule has 134 valence electrons. The highest BCUT2D eigenvalue weighted by Gasteiger charge is 2.38. The highest BCUT2D eigenvalue weighted by molar-refractivity contribution is 9.10. The van der Waals surface area contributed by atoms with Gasteiger partial charge in [-0.25, -0.2) is 0 Å². The predicted octanol–water partition coefficient (Wildman–Crippen LogP) is 2.67. The maximum Gasteiger partial charge on any atom is 0.436 e. The maximum absolute atomic E-state index is 12.9. The molecule has 2 aliphatic heterocycles. The van der Waals surface area contributed by atoms with E-state index < -0.39 is 11.9 Å². The van der Waals surface area contributed by atoms with E-state index in [-0.39, 0.29) is 23.3 Å². The zero-order chi connectivity index (χ0) is 17.5. The number of hydrogen-bond acceptors (Lipinski definition) is 3. The minimum Gasteiger partial charge on any atom is -0.340 e. The van der Waals surface area contributed by atoms with E-state index >= 15 is 0 Å². The number of rotatable bonds is 3. The van der Waals surface area contributed by atoms with Crippen LogP contribution in [0.1, 0.15) is 30.7 Å². The van der Waals surface area contributed by atoms with Crippen LogP contribution >= 0.6 is 15.9 Å². The Bertz CT molecular complexity index is 631. The second kappa shape index (κ2) is 6.67. The molecule has 0 spiro atoms. The van der Waals surface area contributed by atoms with Crippen LogP contribution in [-0.2, 0) is 17.5 Å². The Morgan fingerprint density at radius 1 is 1.33 bits per heavy atom. The second-order valence-electron chi connectivity index (χ2n) is 6.39. The number of fused-ring (bicyclic) bond motifs is 1. The molecule has 2 saturated heterocycles. The molecule has 0 aromatic carbocycles. The normalized spacial score (nSPS) is 22.0. The Hall–Kier alpha value is -1.09. The quantitative estimate of drug-likeness (QED) is 0.771. The fourth-order valence-corrected chi connectivity index (χ4v) is 4.01. The Morgan fingerprint density at radius 3 is 2.75 bits per heavy atom. The number of aryl methyl sites for hydroxylation is 1. The summed E-state index contributed by atoms with van der Waals surface area (Å²) >= 11 is 2.95. The lowest BCUT2D eigenvalue weighted by Gasteiger charge is -2.37. The molecule has 3 rings (SSSR count). The molecule has 3 heterocycles. The van der Waals surface area contributed by atoms with Crippen LogP contribution in [0, 0.1) is 6.92 Å². The molecule has 0 N–H and O–H groups in total. The molecular formula is C15H20BrF3N4O. The Labute approximate surface area is 146 Å². The first-order chi connectivity index (χ1) is 11.3. The summed E-state index contributed by atoms with van der Waals surface area (Å²) in [6.07, 6.45) is -2.05. The minimum absolute atomic E-state index is 0.0128. The molecule has 0 unspecified atom stereocenters. The lowest BCUT2D eigenvalue weighted by molar-refractivity contribution is -0.142. The fourth-order valence-electron chi connectivity index (χ4n) is 3.50. The van der Waals surface area contributed by atoms with Gasteiger partial charge in [-0.05, 0) is 42.2 Å². The zero-order valence-corrected chi connectivity index (χ0v) is 15.0. The topological polar surface area (TPSA) is 41.4 Å². The van der Waals surface area contributed by atoms with E-state index in [4.69, 9.17) is 0 Å². The summed E-state index contributed by atoms with van der Waals surface area (Å²) in [6.45, 7) is 5.14. The van der Waals surface area contributed by atoms with E-state index in [9.17, 15) is 18.0 Å². The van der Waals surface area contributed by atoms with Gasteiger partial charge in [-0.15, -0.1) is 0 Å². The standard InChI is InChI=1S/C15H20BrF3N4O/c1-10-13(16)14(15(17,18)19)20-23(10)6-4-12(24)22-8-7-21-5-2-3-11(21)9-22/h11H,2-9H2,1H3/t11-/m1/s1. The van der Waals surface area contributed by atoms with Crippen LogP contribution < -0.4 is 0 Å². The Balaban J connectivity index is 1.60. The summed E-state index contributed by atoms with van der Waals surface area (Å²) in [6, 6.07) is 0.445. The van der Waals surface area contributed by atoms with Crippen molar-refractivity contribution in [2.45, 2.75) is 44.9 Å². The third-order valence-corrected chi connectivity index (χ3v) is 5.83. The molecule has 0 radical (unpaired) electrons. The molecule has 24 heavy (non-hydrogen) atoms. The summed E-state index contributed by atoms with van der Waals surface area (Å²) < 4.78 is 39.8. The highest BCUT2D eigenvalue weighted by atomic mass is 79.9. The van der Waals surface area contributed by atoms with Gasteiger partial charge < -0.3 is 4.90 Å². The molecular weight excluding hydrogens is 389 g/mol. The highest BCUT2D eigenvalue weighted by Crippen LogP contribution is 2.35. The number of carbonyl (C=O) groups is 1. The van der Waals surface area contributed by atoms with Gasteiger partial charge in [0.15, 0.2) is 5.69 Å². The van der Waals surface area contributed by atoms with Gasteiger partial charge in [0.1, 0.15) is 0 Å². The van der Waals surface area contributed by atoms with Gasteiger partial charge in [0.05, 0.1) is 16.7 Å². The van der Waals surface area contributed by atoms with Gasteiger partial charge in [-0.3, -0.25) is 14.4 Å². The summed E-state index contributed by atoms with van der Waals surface area (Å²) in [5.41, 5.74) is -0.553. The third kappa shape index (κ3) is 3.46. The number of nitrogens with zero attached hydrogens (tertiary/aromatic N) is 4. The van der Waals surface area contributed by atoms with E-state index in [1.807, 2.05) is 4.90 Å². The molecule has 1 aromatic rings. The lowest BCUT2D eigenvalue weighted by atomic mass is 10.1. The molecule has 1 aromatic heterocycles. The SMILES string of the molecule is Cc1c(Br)c(C(F)(F)F)nn1CCC(=O)N1CCN2CCC[C@@H]2C1. The van der Waals surface area contributed by atoms with E-state index in [1.165, 1.54) is 11.1 Å². The first-order valence-corrected chi connectivity index (χ1v) is 8.88. The van der Waals surface area contributed by atoms with Crippen LogP contribution in [0.5, 0.6) is 0 Å². The number of amides is 1. The fraction of sp³-hybridized carbons (Fsp3) is 0.733. The molecule has 0 bridgehead atoms. The molecule has 1 amide bonds. The first-order valence-electron chi connectivity index (χ1n) is 8.09.